The molecule has 0 spiro atoms. The number of alkyl halides is 1. The molecular weight excluding hydrogens is 333 g/mol. The number of ether oxygens (including phenoxy) is 1. The topological polar surface area (TPSA) is 121 Å². The third kappa shape index (κ3) is 2.73. The first-order chi connectivity index (χ1) is 11.8. The second kappa shape index (κ2) is 6.24. The Labute approximate surface area is 141 Å². The largest absolute Gasteiger partial charge is 0.391 e. The van der Waals surface area contributed by atoms with Crippen LogP contribution in [0.3, 0.4) is 0 Å². The highest BCUT2D eigenvalue weighted by Crippen LogP contribution is 2.40. The summed E-state index contributed by atoms with van der Waals surface area (Å²) in [6.45, 7) is 1.96. The van der Waals surface area contributed by atoms with E-state index >= 15 is 0 Å². The van der Waals surface area contributed by atoms with Crippen LogP contribution in [-0.4, -0.2) is 60.4 Å². The van der Waals surface area contributed by atoms with Crippen LogP contribution in [0.25, 0.3) is 11.0 Å². The summed E-state index contributed by atoms with van der Waals surface area (Å²) < 4.78 is 19.5. The number of fused-ring (bicyclic) bond motifs is 1. The van der Waals surface area contributed by atoms with Crippen molar-refractivity contribution < 1.29 is 24.4 Å². The molecule has 2 aromatic heterocycles. The van der Waals surface area contributed by atoms with E-state index in [9.17, 15) is 24.5 Å². The van der Waals surface area contributed by atoms with Crippen molar-refractivity contribution in [1.82, 2.24) is 14.5 Å². The Bertz CT molecular complexity index is 912. The molecular formula is C16H18FN3O5. The van der Waals surface area contributed by atoms with Crippen LogP contribution in [0.2, 0.25) is 0 Å². The summed E-state index contributed by atoms with van der Waals surface area (Å²) in [7, 11) is 0. The van der Waals surface area contributed by atoms with Crippen LogP contribution in [0.5, 0.6) is 0 Å². The van der Waals surface area contributed by atoms with Crippen molar-refractivity contribution >= 4 is 11.0 Å². The van der Waals surface area contributed by atoms with E-state index in [2.05, 4.69) is 21.8 Å². The Morgan fingerprint density at radius 1 is 1.60 bits per heavy atom. The van der Waals surface area contributed by atoms with Gasteiger partial charge >= 0.3 is 0 Å². The van der Waals surface area contributed by atoms with Gasteiger partial charge in [-0.1, -0.05) is 11.8 Å². The van der Waals surface area contributed by atoms with Gasteiger partial charge in [0.2, 0.25) is 0 Å². The minimum Gasteiger partial charge on any atom is -0.391 e. The molecule has 1 fully saturated rings. The van der Waals surface area contributed by atoms with Crippen LogP contribution < -0.4 is 5.56 Å². The highest BCUT2D eigenvalue weighted by atomic mass is 19.1. The SMILES string of the molecule is Cc1nc2c(ccn2[C@@H]2O[C@H]([C@H](C)O)[C@H](O)C2(O)C#CCF)c(=O)[nH]1. The smallest absolute Gasteiger partial charge is 0.260 e. The number of aromatic amines is 1. The van der Waals surface area contributed by atoms with E-state index in [1.807, 2.05) is 0 Å². The molecule has 0 saturated carbocycles. The lowest BCUT2D eigenvalue weighted by Crippen LogP contribution is -2.47. The number of halogens is 1. The van der Waals surface area contributed by atoms with Crippen molar-refractivity contribution in [2.24, 2.45) is 0 Å². The lowest BCUT2D eigenvalue weighted by molar-refractivity contribution is -0.0845. The fraction of sp³-hybridized carbons (Fsp3) is 0.500. The van der Waals surface area contributed by atoms with E-state index in [1.165, 1.54) is 23.8 Å². The molecule has 0 amide bonds. The van der Waals surface area contributed by atoms with Gasteiger partial charge in [-0.3, -0.25) is 4.79 Å². The van der Waals surface area contributed by atoms with Crippen molar-refractivity contribution in [3.63, 3.8) is 0 Å². The number of aliphatic hydroxyl groups excluding tert-OH is 2. The molecule has 8 nitrogen and oxygen atoms in total. The molecule has 1 unspecified atom stereocenters. The van der Waals surface area contributed by atoms with Gasteiger partial charge in [0.1, 0.15) is 30.4 Å². The summed E-state index contributed by atoms with van der Waals surface area (Å²) in [5, 5.41) is 31.3. The first-order valence-electron chi connectivity index (χ1n) is 7.67. The average molecular weight is 351 g/mol. The molecule has 1 saturated heterocycles. The second-order valence-corrected chi connectivity index (χ2v) is 6.01. The molecule has 3 rings (SSSR count). The average Bonchev–Trinajstić information content (AvgIpc) is 3.06. The summed E-state index contributed by atoms with van der Waals surface area (Å²) in [5.74, 6) is 4.73. The van der Waals surface area contributed by atoms with Gasteiger partial charge < -0.3 is 29.6 Å². The van der Waals surface area contributed by atoms with E-state index in [0.717, 1.165) is 0 Å². The number of hydrogen-bond acceptors (Lipinski definition) is 6. The molecule has 1 aliphatic heterocycles. The van der Waals surface area contributed by atoms with Gasteiger partial charge in [-0.05, 0) is 19.9 Å². The molecule has 0 bridgehead atoms. The predicted molar refractivity (Wildman–Crippen MR) is 85.4 cm³/mol. The molecule has 2 aromatic rings. The zero-order valence-electron chi connectivity index (χ0n) is 13.6. The van der Waals surface area contributed by atoms with Crippen molar-refractivity contribution in [1.29, 1.82) is 0 Å². The Morgan fingerprint density at radius 3 is 2.96 bits per heavy atom. The first-order valence-corrected chi connectivity index (χ1v) is 7.67. The summed E-state index contributed by atoms with van der Waals surface area (Å²) in [4.78, 5) is 18.8. The first kappa shape index (κ1) is 17.6. The number of aliphatic hydroxyl groups is 3. The number of nitrogens with one attached hydrogen (secondary N) is 1. The number of H-pyrrole nitrogens is 1. The Morgan fingerprint density at radius 2 is 2.32 bits per heavy atom. The normalized spacial score (nSPS) is 30.2. The third-order valence-corrected chi connectivity index (χ3v) is 4.21. The van der Waals surface area contributed by atoms with Gasteiger partial charge in [0, 0.05) is 6.20 Å². The van der Waals surface area contributed by atoms with Crippen molar-refractivity contribution in [2.75, 3.05) is 6.67 Å². The summed E-state index contributed by atoms with van der Waals surface area (Å²) in [6, 6.07) is 1.48. The molecule has 5 atom stereocenters. The monoisotopic (exact) mass is 351 g/mol. The number of aromatic nitrogens is 3. The van der Waals surface area contributed by atoms with Crippen LogP contribution in [-0.2, 0) is 4.74 Å². The van der Waals surface area contributed by atoms with Crippen LogP contribution >= 0.6 is 0 Å². The number of hydrogen-bond donors (Lipinski definition) is 4. The van der Waals surface area contributed by atoms with Gasteiger partial charge in [-0.25, -0.2) is 9.37 Å². The fourth-order valence-electron chi connectivity index (χ4n) is 3.03. The van der Waals surface area contributed by atoms with E-state index in [1.54, 1.807) is 6.92 Å². The minimum atomic E-state index is -2.18. The van der Waals surface area contributed by atoms with Gasteiger partial charge in [-0.2, -0.15) is 0 Å². The lowest BCUT2D eigenvalue weighted by atomic mass is 9.92. The molecule has 9 heteroatoms. The fourth-order valence-corrected chi connectivity index (χ4v) is 3.03. The van der Waals surface area contributed by atoms with E-state index < -0.39 is 36.8 Å². The summed E-state index contributed by atoms with van der Waals surface area (Å²) in [5.41, 5.74) is -2.34. The molecule has 25 heavy (non-hydrogen) atoms. The number of rotatable bonds is 2. The standard InChI is InChI=1S/C16H18FN3O5/c1-8(21)11-12(22)16(24,5-3-6-17)15(25-11)20-7-4-10-13(20)18-9(2)19-14(10)23/h4,7-8,11-12,15,21-22,24H,6H2,1-2H3,(H,18,19,23)/t8-,11+,12-,15+,16?/m0/s1. The molecule has 0 radical (unpaired) electrons. The molecule has 4 N–H and O–H groups in total. The van der Waals surface area contributed by atoms with E-state index in [-0.39, 0.29) is 16.6 Å². The lowest BCUT2D eigenvalue weighted by Gasteiger charge is -2.26. The van der Waals surface area contributed by atoms with Crippen LogP contribution in [0, 0.1) is 18.8 Å². The maximum absolute atomic E-state index is 12.5. The van der Waals surface area contributed by atoms with Crippen LogP contribution in [0.1, 0.15) is 19.0 Å². The molecule has 0 aromatic carbocycles. The Balaban J connectivity index is 2.18. The molecule has 134 valence electrons. The maximum atomic E-state index is 12.5. The highest BCUT2D eigenvalue weighted by Gasteiger charge is 2.57. The van der Waals surface area contributed by atoms with E-state index in [0.29, 0.717) is 5.82 Å². The second-order valence-electron chi connectivity index (χ2n) is 6.01. The van der Waals surface area contributed by atoms with Gasteiger partial charge in [0.25, 0.3) is 5.56 Å². The molecule has 3 heterocycles. The number of aryl methyl sites for hydroxylation is 1. The predicted octanol–water partition coefficient (Wildman–Crippen LogP) is -0.624. The zero-order chi connectivity index (χ0) is 18.4. The summed E-state index contributed by atoms with van der Waals surface area (Å²) >= 11 is 0. The van der Waals surface area contributed by atoms with Gasteiger partial charge in [0.15, 0.2) is 11.8 Å². The maximum Gasteiger partial charge on any atom is 0.260 e. The molecule has 1 aliphatic rings. The summed E-state index contributed by atoms with van der Waals surface area (Å²) in [6.07, 6.45) is -3.68. The van der Waals surface area contributed by atoms with Crippen LogP contribution in [0.15, 0.2) is 17.1 Å². The van der Waals surface area contributed by atoms with Crippen LogP contribution in [0.4, 0.5) is 4.39 Å². The minimum absolute atomic E-state index is 0.213. The quantitative estimate of drug-likeness (QED) is 0.535. The zero-order valence-corrected chi connectivity index (χ0v) is 13.6. The Kier molecular flexibility index (Phi) is 4.38. The number of nitrogens with zero attached hydrogens (tertiary/aromatic N) is 2. The van der Waals surface area contributed by atoms with Gasteiger partial charge in [-0.15, -0.1) is 0 Å². The highest BCUT2D eigenvalue weighted by molar-refractivity contribution is 5.75. The van der Waals surface area contributed by atoms with Crippen molar-refractivity contribution in [3.8, 4) is 11.8 Å². The van der Waals surface area contributed by atoms with Crippen molar-refractivity contribution in [3.05, 3.63) is 28.4 Å². The van der Waals surface area contributed by atoms with Gasteiger partial charge in [0.05, 0.1) is 11.5 Å². The Hall–Kier alpha value is -2.25. The van der Waals surface area contributed by atoms with E-state index in [4.69, 9.17) is 4.74 Å². The van der Waals surface area contributed by atoms with Crippen molar-refractivity contribution in [2.45, 2.75) is 44.0 Å². The molecule has 0 aliphatic carbocycles. The third-order valence-electron chi connectivity index (χ3n) is 4.21.